The number of hydrogen-bond donors (Lipinski definition) is 0. The third kappa shape index (κ3) is 2.20. The van der Waals surface area contributed by atoms with Gasteiger partial charge in [-0.1, -0.05) is 28.9 Å². The highest BCUT2D eigenvalue weighted by Gasteiger charge is 2.29. The fourth-order valence-electron chi connectivity index (χ4n) is 1.70. The minimum absolute atomic E-state index is 0.151. The molecule has 0 bridgehead atoms. The number of alkyl halides is 1. The minimum Gasteiger partial charge on any atom is -0.296 e. The molecule has 15 heavy (non-hydrogen) atoms. The Morgan fingerprint density at radius 1 is 1.60 bits per heavy atom. The van der Waals surface area contributed by atoms with Gasteiger partial charge in [-0.3, -0.25) is 9.69 Å². The average molecular weight is 269 g/mol. The first-order chi connectivity index (χ1) is 7.20. The summed E-state index contributed by atoms with van der Waals surface area (Å²) in [5, 5.41) is 0. The number of hydrogen-bond acceptors (Lipinski definition) is 2. The molecule has 0 aromatic carbocycles. The Balaban J connectivity index is 2.25. The highest BCUT2D eigenvalue weighted by molar-refractivity contribution is 9.09. The molecular weight excluding hydrogens is 256 g/mol. The molecule has 1 unspecified atom stereocenters. The van der Waals surface area contributed by atoms with Crippen LogP contribution in [-0.2, 0) is 11.2 Å². The SMILES string of the molecule is CCc1cccc(N2CC(Br)CC2=O)n1. The number of rotatable bonds is 2. The molecule has 3 nitrogen and oxygen atoms in total. The first-order valence-electron chi connectivity index (χ1n) is 5.11. The van der Waals surface area contributed by atoms with Crippen molar-refractivity contribution < 1.29 is 4.79 Å². The second-order valence-electron chi connectivity index (χ2n) is 3.65. The van der Waals surface area contributed by atoms with E-state index in [1.165, 1.54) is 0 Å². The number of anilines is 1. The van der Waals surface area contributed by atoms with E-state index in [0.29, 0.717) is 6.42 Å². The minimum atomic E-state index is 0.151. The molecule has 1 aromatic heterocycles. The zero-order chi connectivity index (χ0) is 10.8. The van der Waals surface area contributed by atoms with E-state index in [2.05, 4.69) is 27.8 Å². The molecule has 2 rings (SSSR count). The molecule has 1 aliphatic rings. The molecule has 1 fully saturated rings. The molecule has 0 N–H and O–H groups in total. The van der Waals surface area contributed by atoms with E-state index in [9.17, 15) is 4.79 Å². The van der Waals surface area contributed by atoms with Gasteiger partial charge in [0.05, 0.1) is 0 Å². The third-order valence-electron chi connectivity index (χ3n) is 2.51. The molecule has 1 aliphatic heterocycles. The van der Waals surface area contributed by atoms with Crippen LogP contribution in [0.2, 0.25) is 0 Å². The Bertz CT molecular complexity index is 381. The fourth-order valence-corrected chi connectivity index (χ4v) is 2.27. The van der Waals surface area contributed by atoms with Crippen LogP contribution < -0.4 is 4.90 Å². The molecule has 80 valence electrons. The van der Waals surface area contributed by atoms with Gasteiger partial charge in [-0.2, -0.15) is 0 Å². The van der Waals surface area contributed by atoms with E-state index in [4.69, 9.17) is 0 Å². The van der Waals surface area contributed by atoms with E-state index in [1.807, 2.05) is 18.2 Å². The molecule has 2 heterocycles. The van der Waals surface area contributed by atoms with Crippen LogP contribution in [0.25, 0.3) is 0 Å². The summed E-state index contributed by atoms with van der Waals surface area (Å²) in [6.07, 6.45) is 1.46. The predicted octanol–water partition coefficient (Wildman–Crippen LogP) is 2.14. The number of carbonyl (C=O) groups is 1. The summed E-state index contributed by atoms with van der Waals surface area (Å²) in [6.45, 7) is 2.78. The van der Waals surface area contributed by atoms with Crippen LogP contribution in [0.5, 0.6) is 0 Å². The van der Waals surface area contributed by atoms with Crippen molar-refractivity contribution in [2.24, 2.45) is 0 Å². The highest BCUT2D eigenvalue weighted by atomic mass is 79.9. The lowest BCUT2D eigenvalue weighted by atomic mass is 10.3. The van der Waals surface area contributed by atoms with Crippen LogP contribution in [-0.4, -0.2) is 22.3 Å². The number of amides is 1. The summed E-state index contributed by atoms with van der Waals surface area (Å²) in [6, 6.07) is 5.83. The van der Waals surface area contributed by atoms with Crippen molar-refractivity contribution >= 4 is 27.7 Å². The molecule has 0 aliphatic carbocycles. The molecule has 0 radical (unpaired) electrons. The van der Waals surface area contributed by atoms with Gasteiger partial charge in [-0.05, 0) is 18.6 Å². The van der Waals surface area contributed by atoms with Crippen molar-refractivity contribution in [2.45, 2.75) is 24.6 Å². The van der Waals surface area contributed by atoms with Gasteiger partial charge in [0.25, 0.3) is 0 Å². The fraction of sp³-hybridized carbons (Fsp3) is 0.455. The van der Waals surface area contributed by atoms with E-state index in [-0.39, 0.29) is 10.7 Å². The van der Waals surface area contributed by atoms with Gasteiger partial charge in [0.1, 0.15) is 5.82 Å². The summed E-state index contributed by atoms with van der Waals surface area (Å²) in [5.41, 5.74) is 1.03. The van der Waals surface area contributed by atoms with Crippen molar-refractivity contribution in [3.05, 3.63) is 23.9 Å². The van der Waals surface area contributed by atoms with Crippen molar-refractivity contribution in [2.75, 3.05) is 11.4 Å². The third-order valence-corrected chi connectivity index (χ3v) is 3.12. The summed E-state index contributed by atoms with van der Waals surface area (Å²) in [5.74, 6) is 0.930. The van der Waals surface area contributed by atoms with Gasteiger partial charge in [-0.25, -0.2) is 4.98 Å². The molecule has 4 heteroatoms. The Kier molecular flexibility index (Phi) is 3.05. The zero-order valence-electron chi connectivity index (χ0n) is 8.61. The Morgan fingerprint density at radius 3 is 3.00 bits per heavy atom. The van der Waals surface area contributed by atoms with Gasteiger partial charge >= 0.3 is 0 Å². The second kappa shape index (κ2) is 4.31. The molecule has 1 saturated heterocycles. The van der Waals surface area contributed by atoms with Crippen molar-refractivity contribution in [3.8, 4) is 0 Å². The maximum atomic E-state index is 11.6. The quantitative estimate of drug-likeness (QED) is 0.771. The van der Waals surface area contributed by atoms with E-state index < -0.39 is 0 Å². The molecule has 1 aromatic rings. The van der Waals surface area contributed by atoms with Gasteiger partial charge in [-0.15, -0.1) is 0 Å². The predicted molar refractivity (Wildman–Crippen MR) is 63.3 cm³/mol. The number of nitrogens with zero attached hydrogens (tertiary/aromatic N) is 2. The maximum absolute atomic E-state index is 11.6. The van der Waals surface area contributed by atoms with Crippen LogP contribution in [0, 0.1) is 0 Å². The Hall–Kier alpha value is -0.900. The van der Waals surface area contributed by atoms with Crippen molar-refractivity contribution in [3.63, 3.8) is 0 Å². The van der Waals surface area contributed by atoms with E-state index in [1.54, 1.807) is 4.90 Å². The normalized spacial score (nSPS) is 21.1. The van der Waals surface area contributed by atoms with Gasteiger partial charge in [0, 0.05) is 23.5 Å². The second-order valence-corrected chi connectivity index (χ2v) is 4.94. The van der Waals surface area contributed by atoms with Gasteiger partial charge < -0.3 is 0 Å². The summed E-state index contributed by atoms with van der Waals surface area (Å²) < 4.78 is 0. The van der Waals surface area contributed by atoms with Crippen molar-refractivity contribution in [1.29, 1.82) is 0 Å². The zero-order valence-corrected chi connectivity index (χ0v) is 10.2. The summed E-state index contributed by atoms with van der Waals surface area (Å²) >= 11 is 3.46. The monoisotopic (exact) mass is 268 g/mol. The number of carbonyl (C=O) groups excluding carboxylic acids is 1. The summed E-state index contributed by atoms with van der Waals surface area (Å²) in [4.78, 5) is 18.1. The lowest BCUT2D eigenvalue weighted by Crippen LogP contribution is -2.25. The number of halogens is 1. The molecule has 1 atom stereocenters. The van der Waals surface area contributed by atoms with E-state index >= 15 is 0 Å². The first kappa shape index (κ1) is 10.6. The standard InChI is InChI=1S/C11H13BrN2O/c1-2-9-4-3-5-10(13-9)14-7-8(12)6-11(14)15/h3-5,8H,2,6-7H2,1H3. The number of pyridine rings is 1. The largest absolute Gasteiger partial charge is 0.296 e. The average Bonchev–Trinajstić information content (AvgIpc) is 2.58. The lowest BCUT2D eigenvalue weighted by Gasteiger charge is -2.15. The molecular formula is C11H13BrN2O. The highest BCUT2D eigenvalue weighted by Crippen LogP contribution is 2.23. The van der Waals surface area contributed by atoms with Gasteiger partial charge in [0.2, 0.25) is 5.91 Å². The Labute approximate surface area is 97.6 Å². The smallest absolute Gasteiger partial charge is 0.229 e. The lowest BCUT2D eigenvalue weighted by molar-refractivity contribution is -0.117. The van der Waals surface area contributed by atoms with Crippen LogP contribution in [0.3, 0.4) is 0 Å². The topological polar surface area (TPSA) is 33.2 Å². The van der Waals surface area contributed by atoms with Crippen molar-refractivity contribution in [1.82, 2.24) is 4.98 Å². The Morgan fingerprint density at radius 2 is 2.40 bits per heavy atom. The molecule has 0 saturated carbocycles. The summed E-state index contributed by atoms with van der Waals surface area (Å²) in [7, 11) is 0. The van der Waals surface area contributed by atoms with Crippen LogP contribution in [0.1, 0.15) is 19.0 Å². The van der Waals surface area contributed by atoms with Crippen LogP contribution in [0.15, 0.2) is 18.2 Å². The van der Waals surface area contributed by atoms with E-state index in [0.717, 1.165) is 24.5 Å². The van der Waals surface area contributed by atoms with Crippen LogP contribution >= 0.6 is 15.9 Å². The first-order valence-corrected chi connectivity index (χ1v) is 6.02. The number of aryl methyl sites for hydroxylation is 1. The maximum Gasteiger partial charge on any atom is 0.229 e. The van der Waals surface area contributed by atoms with Crippen LogP contribution in [0.4, 0.5) is 5.82 Å². The molecule has 0 spiro atoms. The molecule has 1 amide bonds. The van der Waals surface area contributed by atoms with Gasteiger partial charge in [0.15, 0.2) is 0 Å². The number of aromatic nitrogens is 1.